The summed E-state index contributed by atoms with van der Waals surface area (Å²) < 4.78 is 11.9. The minimum Gasteiger partial charge on any atom is -0.465 e. The summed E-state index contributed by atoms with van der Waals surface area (Å²) in [6.45, 7) is 10.3. The highest BCUT2D eigenvalue weighted by atomic mass is 32.2. The van der Waals surface area contributed by atoms with Gasteiger partial charge < -0.3 is 19.3 Å². The number of carbonyl (C=O) groups is 1. The maximum Gasteiger partial charge on any atom is 0.404 e. The zero-order valence-electron chi connectivity index (χ0n) is 17.4. The van der Waals surface area contributed by atoms with Crippen molar-refractivity contribution in [1.29, 1.82) is 0 Å². The van der Waals surface area contributed by atoms with Gasteiger partial charge in [-0.25, -0.2) is 14.8 Å². The van der Waals surface area contributed by atoms with Crippen LogP contribution in [-0.2, 0) is 15.5 Å². The van der Waals surface area contributed by atoms with E-state index in [1.54, 1.807) is 24.2 Å². The van der Waals surface area contributed by atoms with E-state index in [2.05, 4.69) is 51.5 Å². The first-order chi connectivity index (χ1) is 13.6. The molecule has 0 aliphatic carbocycles. The Labute approximate surface area is 177 Å². The molecule has 0 atom stereocenters. The van der Waals surface area contributed by atoms with E-state index < -0.39 is 22.7 Å². The molecule has 1 amide bonds. The fourth-order valence-corrected chi connectivity index (χ4v) is 13.0. The second-order valence-corrected chi connectivity index (χ2v) is 17.8. The summed E-state index contributed by atoms with van der Waals surface area (Å²) in [7, 11) is -3.76. The lowest BCUT2D eigenvalue weighted by molar-refractivity contribution is 0.127. The van der Waals surface area contributed by atoms with Crippen LogP contribution in [0.2, 0.25) is 32.2 Å². The lowest BCUT2D eigenvalue weighted by Crippen LogP contribution is -2.46. The van der Waals surface area contributed by atoms with Gasteiger partial charge in [-0.05, 0) is 44.2 Å². The van der Waals surface area contributed by atoms with E-state index in [0.29, 0.717) is 31.5 Å². The number of thioether (sulfide) groups is 1. The van der Waals surface area contributed by atoms with Crippen LogP contribution < -0.4 is 5.32 Å². The van der Waals surface area contributed by atoms with Gasteiger partial charge in [-0.15, -0.1) is 0 Å². The molecule has 1 heterocycles. The number of nitrogens with zero attached hydrogens (tertiary/aromatic N) is 5. The summed E-state index contributed by atoms with van der Waals surface area (Å²) in [5.41, 5.74) is 9.07. The van der Waals surface area contributed by atoms with Crippen molar-refractivity contribution in [3.05, 3.63) is 28.4 Å². The van der Waals surface area contributed by atoms with Crippen LogP contribution in [0.25, 0.3) is 10.4 Å². The van der Waals surface area contributed by atoms with Crippen molar-refractivity contribution in [2.24, 2.45) is 5.11 Å². The smallest absolute Gasteiger partial charge is 0.404 e. The molecule has 0 saturated heterocycles. The SMILES string of the molecule is C[Si](C)(CCCNC(=O)O)O[Si](C)(C)CSc1ncc(COCCN=[N+]=[N-])cn1. The molecule has 0 bridgehead atoms. The molecule has 29 heavy (non-hydrogen) atoms. The van der Waals surface area contributed by atoms with E-state index >= 15 is 0 Å². The van der Waals surface area contributed by atoms with Crippen LogP contribution in [0.4, 0.5) is 4.79 Å². The predicted molar refractivity (Wildman–Crippen MR) is 118 cm³/mol. The number of nitrogens with one attached hydrogen (secondary N) is 1. The normalized spacial score (nSPS) is 11.7. The number of azide groups is 1. The van der Waals surface area contributed by atoms with Crippen molar-refractivity contribution in [2.45, 2.75) is 50.4 Å². The number of hydrogen-bond acceptors (Lipinski definition) is 7. The highest BCUT2D eigenvalue weighted by molar-refractivity contribution is 8.00. The average Bonchev–Trinajstić information content (AvgIpc) is 2.63. The molecule has 13 heteroatoms. The number of aromatic nitrogens is 2. The lowest BCUT2D eigenvalue weighted by Gasteiger charge is -2.33. The Hall–Kier alpha value is -1.64. The van der Waals surface area contributed by atoms with Crippen molar-refractivity contribution in [3.8, 4) is 0 Å². The van der Waals surface area contributed by atoms with Gasteiger partial charge in [-0.3, -0.25) is 0 Å². The monoisotopic (exact) mass is 458 g/mol. The number of rotatable bonds is 14. The van der Waals surface area contributed by atoms with Crippen LogP contribution in [0.15, 0.2) is 22.7 Å². The van der Waals surface area contributed by atoms with Crippen molar-refractivity contribution >= 4 is 34.5 Å². The van der Waals surface area contributed by atoms with Crippen LogP contribution in [0.1, 0.15) is 12.0 Å². The predicted octanol–water partition coefficient (Wildman–Crippen LogP) is 4.02. The topological polar surface area (TPSA) is 142 Å². The van der Waals surface area contributed by atoms with Crippen LogP contribution in [-0.4, -0.2) is 62.9 Å². The molecule has 0 aromatic carbocycles. The molecule has 0 fully saturated rings. The molecular weight excluding hydrogens is 428 g/mol. The van der Waals surface area contributed by atoms with Gasteiger partial charge in [0.25, 0.3) is 0 Å². The lowest BCUT2D eigenvalue weighted by atomic mass is 10.4. The second-order valence-electron chi connectivity index (χ2n) is 7.63. The van der Waals surface area contributed by atoms with E-state index in [1.165, 1.54) is 0 Å². The Balaban J connectivity index is 2.39. The van der Waals surface area contributed by atoms with Crippen LogP contribution in [0.5, 0.6) is 0 Å². The molecule has 1 rings (SSSR count). The van der Waals surface area contributed by atoms with E-state index in [0.717, 1.165) is 23.4 Å². The van der Waals surface area contributed by atoms with E-state index in [1.807, 2.05) is 0 Å². The summed E-state index contributed by atoms with van der Waals surface area (Å²) in [4.78, 5) is 21.9. The quantitative estimate of drug-likeness (QED) is 0.0815. The van der Waals surface area contributed by atoms with E-state index in [9.17, 15) is 4.79 Å². The molecule has 0 saturated carbocycles. The minimum atomic E-state index is -1.91. The third-order valence-electron chi connectivity index (χ3n) is 3.68. The van der Waals surface area contributed by atoms with E-state index in [-0.39, 0.29) is 0 Å². The molecule has 0 radical (unpaired) electrons. The minimum absolute atomic E-state index is 0.306. The Kier molecular flexibility index (Phi) is 11.2. The molecule has 10 nitrogen and oxygen atoms in total. The second kappa shape index (κ2) is 12.8. The van der Waals surface area contributed by atoms with Gasteiger partial charge >= 0.3 is 6.09 Å². The van der Waals surface area contributed by atoms with Gasteiger partial charge in [0.2, 0.25) is 0 Å². The van der Waals surface area contributed by atoms with Crippen molar-refractivity contribution in [1.82, 2.24) is 15.3 Å². The first-order valence-electron chi connectivity index (χ1n) is 9.33. The zero-order chi connectivity index (χ0) is 21.8. The first kappa shape index (κ1) is 25.4. The summed E-state index contributed by atoms with van der Waals surface area (Å²) in [6, 6.07) is 0.916. The Morgan fingerprint density at radius 2 is 2.00 bits per heavy atom. The largest absolute Gasteiger partial charge is 0.465 e. The van der Waals surface area contributed by atoms with Crippen LogP contribution >= 0.6 is 11.8 Å². The molecule has 0 aliphatic rings. The summed E-state index contributed by atoms with van der Waals surface area (Å²) in [5.74, 6) is 0. The molecule has 162 valence electrons. The van der Waals surface area contributed by atoms with Crippen LogP contribution in [0.3, 0.4) is 0 Å². The summed E-state index contributed by atoms with van der Waals surface area (Å²) >= 11 is 1.59. The summed E-state index contributed by atoms with van der Waals surface area (Å²) in [5, 5.41) is 16.0. The third-order valence-corrected chi connectivity index (χ3v) is 13.5. The van der Waals surface area contributed by atoms with Gasteiger partial charge in [0.15, 0.2) is 21.8 Å². The van der Waals surface area contributed by atoms with Crippen molar-refractivity contribution in [3.63, 3.8) is 0 Å². The fraction of sp³-hybridized carbons (Fsp3) is 0.688. The Morgan fingerprint density at radius 3 is 2.62 bits per heavy atom. The van der Waals surface area contributed by atoms with Crippen molar-refractivity contribution in [2.75, 3.05) is 25.1 Å². The average molecular weight is 459 g/mol. The Morgan fingerprint density at radius 1 is 1.31 bits per heavy atom. The highest BCUT2D eigenvalue weighted by Gasteiger charge is 2.33. The zero-order valence-corrected chi connectivity index (χ0v) is 20.2. The van der Waals surface area contributed by atoms with Crippen molar-refractivity contribution < 1.29 is 18.8 Å². The molecule has 0 spiro atoms. The molecule has 0 aliphatic heterocycles. The molecular formula is C16H30N6O4SSi2. The van der Waals surface area contributed by atoms with Gasteiger partial charge in [0, 0.05) is 41.3 Å². The maximum absolute atomic E-state index is 10.5. The Bertz CT molecular complexity index is 686. The standard InChI is InChI=1S/C16H30N6O4SSi2/c1-28(2,9-5-6-18-16(23)24)26-29(3,4)13-27-15-19-10-14(11-20-15)12-25-8-7-21-22-17/h10-11,18H,5-9,12-13H2,1-4H3,(H,23,24). The first-order valence-corrected chi connectivity index (χ1v) is 16.5. The third kappa shape index (κ3) is 12.5. The van der Waals surface area contributed by atoms with Gasteiger partial charge in [-0.2, -0.15) is 0 Å². The number of carboxylic acid groups (broad SMARTS) is 1. The fourth-order valence-electron chi connectivity index (χ4n) is 2.61. The molecule has 1 aromatic rings. The van der Waals surface area contributed by atoms with Gasteiger partial charge in [-0.1, -0.05) is 16.9 Å². The summed E-state index contributed by atoms with van der Waals surface area (Å²) in [6.07, 6.45) is 3.29. The van der Waals surface area contributed by atoms with Crippen LogP contribution in [0, 0.1) is 0 Å². The molecule has 2 N–H and O–H groups in total. The van der Waals surface area contributed by atoms with E-state index in [4.69, 9.17) is 19.5 Å². The molecule has 1 aromatic heterocycles. The maximum atomic E-state index is 10.5. The molecule has 0 unspecified atom stereocenters. The van der Waals surface area contributed by atoms with Gasteiger partial charge in [0.05, 0.1) is 13.2 Å². The number of amides is 1. The highest BCUT2D eigenvalue weighted by Crippen LogP contribution is 2.25. The number of hydrogen-bond donors (Lipinski definition) is 2. The van der Waals surface area contributed by atoms with Gasteiger partial charge in [0.1, 0.15) is 0 Å². The number of ether oxygens (including phenoxy) is 1.